The van der Waals surface area contributed by atoms with Gasteiger partial charge in [0.2, 0.25) is 0 Å². The number of para-hydroxylation sites is 3. The van der Waals surface area contributed by atoms with Crippen LogP contribution < -0.4 is 19.6 Å². The number of hydrogen-bond acceptors (Lipinski definition) is 7. The van der Waals surface area contributed by atoms with Crippen LogP contribution in [0.25, 0.3) is 0 Å². The largest absolute Gasteiger partial charge is 0.493 e. The quantitative estimate of drug-likeness (QED) is 0.439. The highest BCUT2D eigenvalue weighted by molar-refractivity contribution is 5.86. The third-order valence-electron chi connectivity index (χ3n) is 3.25. The van der Waals surface area contributed by atoms with Crippen LogP contribution in [0, 0.1) is 10.1 Å². The summed E-state index contributed by atoms with van der Waals surface area (Å²) in [5, 5.41) is 14.7. The van der Waals surface area contributed by atoms with Crippen LogP contribution in [0.4, 0.5) is 5.69 Å². The second kappa shape index (κ2) is 9.02. The highest BCUT2D eigenvalue weighted by Gasteiger charge is 2.14. The van der Waals surface area contributed by atoms with Crippen molar-refractivity contribution in [1.82, 2.24) is 5.43 Å². The van der Waals surface area contributed by atoms with E-state index in [9.17, 15) is 14.9 Å². The summed E-state index contributed by atoms with van der Waals surface area (Å²) >= 11 is 0. The lowest BCUT2D eigenvalue weighted by molar-refractivity contribution is -0.385. The van der Waals surface area contributed by atoms with Gasteiger partial charge in [-0.05, 0) is 18.2 Å². The third-order valence-corrected chi connectivity index (χ3v) is 3.25. The fourth-order valence-electron chi connectivity index (χ4n) is 2.09. The topological polar surface area (TPSA) is 112 Å². The van der Waals surface area contributed by atoms with Gasteiger partial charge in [0.15, 0.2) is 23.9 Å². The van der Waals surface area contributed by atoms with E-state index in [2.05, 4.69) is 10.5 Å². The number of ether oxygens (including phenoxy) is 3. The number of benzene rings is 2. The molecule has 136 valence electrons. The number of carbonyl (C=O) groups excluding carboxylic acids is 1. The molecule has 0 aliphatic rings. The smallest absolute Gasteiger partial charge is 0.310 e. The molecule has 0 bridgehead atoms. The predicted molar refractivity (Wildman–Crippen MR) is 93.9 cm³/mol. The molecule has 0 heterocycles. The van der Waals surface area contributed by atoms with Crippen LogP contribution in [0.3, 0.4) is 0 Å². The molecule has 1 N–H and O–H groups in total. The molecule has 2 aromatic carbocycles. The standard InChI is InChI=1S/C17H17N3O6/c1-24-15-9-5-6-12(17(15)25-2)10-18-19-16(21)11-26-14-8-4-3-7-13(14)20(22)23/h3-10H,11H2,1-2H3,(H,19,21). The van der Waals surface area contributed by atoms with Gasteiger partial charge in [-0.1, -0.05) is 18.2 Å². The number of carbonyl (C=O) groups is 1. The second-order valence-electron chi connectivity index (χ2n) is 4.89. The van der Waals surface area contributed by atoms with E-state index in [1.807, 2.05) is 0 Å². The zero-order valence-electron chi connectivity index (χ0n) is 14.2. The highest BCUT2D eigenvalue weighted by atomic mass is 16.6. The average Bonchev–Trinajstić information content (AvgIpc) is 2.66. The molecular formula is C17H17N3O6. The van der Waals surface area contributed by atoms with E-state index in [-0.39, 0.29) is 11.4 Å². The van der Waals surface area contributed by atoms with Gasteiger partial charge in [-0.2, -0.15) is 5.10 Å². The van der Waals surface area contributed by atoms with E-state index in [4.69, 9.17) is 14.2 Å². The van der Waals surface area contributed by atoms with Crippen molar-refractivity contribution in [2.75, 3.05) is 20.8 Å². The minimum absolute atomic E-state index is 0.00564. The molecule has 0 saturated heterocycles. The van der Waals surface area contributed by atoms with Gasteiger partial charge in [0.1, 0.15) is 0 Å². The summed E-state index contributed by atoms with van der Waals surface area (Å²) in [5.74, 6) is 0.444. The summed E-state index contributed by atoms with van der Waals surface area (Å²) < 4.78 is 15.6. The molecule has 26 heavy (non-hydrogen) atoms. The summed E-state index contributed by atoms with van der Waals surface area (Å²) in [6, 6.07) is 11.0. The SMILES string of the molecule is COc1cccc(C=NNC(=O)COc2ccccc2[N+](=O)[O-])c1OC. The predicted octanol–water partition coefficient (Wildman–Crippen LogP) is 2.14. The number of methoxy groups -OCH3 is 2. The number of nitrogens with zero attached hydrogens (tertiary/aromatic N) is 2. The maximum absolute atomic E-state index is 11.8. The maximum Gasteiger partial charge on any atom is 0.310 e. The van der Waals surface area contributed by atoms with Crippen LogP contribution in [0.1, 0.15) is 5.56 Å². The number of nitro benzene ring substituents is 1. The van der Waals surface area contributed by atoms with Gasteiger partial charge in [-0.25, -0.2) is 5.43 Å². The Bertz CT molecular complexity index is 822. The van der Waals surface area contributed by atoms with E-state index < -0.39 is 17.4 Å². The summed E-state index contributed by atoms with van der Waals surface area (Å²) in [4.78, 5) is 22.1. The molecule has 2 aromatic rings. The van der Waals surface area contributed by atoms with Crippen molar-refractivity contribution >= 4 is 17.8 Å². The molecule has 9 heteroatoms. The van der Waals surface area contributed by atoms with E-state index in [0.717, 1.165) is 0 Å². The molecule has 0 aliphatic carbocycles. The first-order valence-corrected chi connectivity index (χ1v) is 7.46. The molecule has 0 radical (unpaired) electrons. The van der Waals surface area contributed by atoms with Crippen molar-refractivity contribution in [2.45, 2.75) is 0 Å². The Kier molecular flexibility index (Phi) is 6.49. The monoisotopic (exact) mass is 359 g/mol. The molecule has 0 spiro atoms. The Hall–Kier alpha value is -3.62. The van der Waals surface area contributed by atoms with Crippen molar-refractivity contribution < 1.29 is 23.9 Å². The normalized spacial score (nSPS) is 10.4. The Morgan fingerprint density at radius 1 is 1.15 bits per heavy atom. The molecule has 0 aromatic heterocycles. The number of nitrogens with one attached hydrogen (secondary N) is 1. The summed E-state index contributed by atoms with van der Waals surface area (Å²) in [5.41, 5.74) is 2.66. The third kappa shape index (κ3) is 4.69. The van der Waals surface area contributed by atoms with E-state index in [1.165, 1.54) is 38.6 Å². The van der Waals surface area contributed by atoms with Crippen molar-refractivity contribution in [2.24, 2.45) is 5.10 Å². The lowest BCUT2D eigenvalue weighted by atomic mass is 10.2. The summed E-state index contributed by atoms with van der Waals surface area (Å²) in [6.45, 7) is -0.419. The van der Waals surface area contributed by atoms with Crippen molar-refractivity contribution in [3.05, 3.63) is 58.1 Å². The van der Waals surface area contributed by atoms with Gasteiger partial charge >= 0.3 is 5.69 Å². The first-order chi connectivity index (χ1) is 12.6. The lowest BCUT2D eigenvalue weighted by Crippen LogP contribution is -2.24. The van der Waals surface area contributed by atoms with Gasteiger partial charge in [-0.3, -0.25) is 14.9 Å². The Morgan fingerprint density at radius 3 is 2.58 bits per heavy atom. The molecule has 0 unspecified atom stereocenters. The number of nitro groups is 1. The maximum atomic E-state index is 11.8. The van der Waals surface area contributed by atoms with Crippen LogP contribution in [0.2, 0.25) is 0 Å². The second-order valence-corrected chi connectivity index (χ2v) is 4.89. The molecule has 2 rings (SSSR count). The first-order valence-electron chi connectivity index (χ1n) is 7.46. The zero-order chi connectivity index (χ0) is 18.9. The number of hydrogen-bond donors (Lipinski definition) is 1. The zero-order valence-corrected chi connectivity index (χ0v) is 14.2. The van der Waals surface area contributed by atoms with Crippen LogP contribution in [0.5, 0.6) is 17.2 Å². The average molecular weight is 359 g/mol. The minimum Gasteiger partial charge on any atom is -0.493 e. The fraction of sp³-hybridized carbons (Fsp3) is 0.176. The Morgan fingerprint density at radius 2 is 1.88 bits per heavy atom. The van der Waals surface area contributed by atoms with Crippen LogP contribution >= 0.6 is 0 Å². The molecule has 0 aliphatic heterocycles. The summed E-state index contributed by atoms with van der Waals surface area (Å²) in [7, 11) is 3.01. The lowest BCUT2D eigenvalue weighted by Gasteiger charge is -2.09. The van der Waals surface area contributed by atoms with Crippen molar-refractivity contribution in [3.63, 3.8) is 0 Å². The van der Waals surface area contributed by atoms with E-state index in [1.54, 1.807) is 24.3 Å². The molecule has 9 nitrogen and oxygen atoms in total. The van der Waals surface area contributed by atoms with Crippen LogP contribution in [0.15, 0.2) is 47.6 Å². The Balaban J connectivity index is 1.96. The molecule has 0 saturated carbocycles. The van der Waals surface area contributed by atoms with E-state index >= 15 is 0 Å². The van der Waals surface area contributed by atoms with Gasteiger partial charge in [0.05, 0.1) is 25.4 Å². The molecular weight excluding hydrogens is 342 g/mol. The molecule has 0 fully saturated rings. The van der Waals surface area contributed by atoms with Crippen molar-refractivity contribution in [3.8, 4) is 17.2 Å². The first kappa shape index (κ1) is 18.7. The number of rotatable bonds is 8. The minimum atomic E-state index is -0.583. The number of amides is 1. The van der Waals surface area contributed by atoms with Crippen LogP contribution in [-0.4, -0.2) is 37.9 Å². The fourth-order valence-corrected chi connectivity index (χ4v) is 2.09. The van der Waals surface area contributed by atoms with Gasteiger partial charge in [-0.15, -0.1) is 0 Å². The Labute approximate surface area is 149 Å². The molecule has 0 atom stereocenters. The van der Waals surface area contributed by atoms with Crippen LogP contribution in [-0.2, 0) is 4.79 Å². The van der Waals surface area contributed by atoms with Gasteiger partial charge in [0.25, 0.3) is 5.91 Å². The number of hydrazone groups is 1. The van der Waals surface area contributed by atoms with E-state index in [0.29, 0.717) is 17.1 Å². The highest BCUT2D eigenvalue weighted by Crippen LogP contribution is 2.29. The van der Waals surface area contributed by atoms with Crippen molar-refractivity contribution in [1.29, 1.82) is 0 Å². The molecule has 1 amide bonds. The van der Waals surface area contributed by atoms with Gasteiger partial charge in [0, 0.05) is 11.6 Å². The summed E-state index contributed by atoms with van der Waals surface area (Å²) in [6.07, 6.45) is 1.39. The van der Waals surface area contributed by atoms with Gasteiger partial charge < -0.3 is 14.2 Å².